The van der Waals surface area contributed by atoms with Crippen molar-refractivity contribution < 1.29 is 4.79 Å². The first kappa shape index (κ1) is 14.8. The highest BCUT2D eigenvalue weighted by Gasteiger charge is 2.06. The van der Waals surface area contributed by atoms with Gasteiger partial charge in [0.1, 0.15) is 11.5 Å². The molecule has 3 N–H and O–H groups in total. The van der Waals surface area contributed by atoms with E-state index in [-0.39, 0.29) is 12.5 Å². The van der Waals surface area contributed by atoms with E-state index in [2.05, 4.69) is 22.1 Å². The van der Waals surface area contributed by atoms with Crippen LogP contribution in [0.1, 0.15) is 16.8 Å². The summed E-state index contributed by atoms with van der Waals surface area (Å²) in [5, 5.41) is 2.79. The highest BCUT2D eigenvalue weighted by Crippen LogP contribution is 2.10. The lowest BCUT2D eigenvalue weighted by Crippen LogP contribution is -2.16. The maximum atomic E-state index is 12.1. The fraction of sp³-hybridized carbons (Fsp3) is 0.176. The second-order valence-electron chi connectivity index (χ2n) is 4.57. The van der Waals surface area contributed by atoms with Crippen LogP contribution in [0.5, 0.6) is 0 Å². The van der Waals surface area contributed by atoms with Gasteiger partial charge in [-0.1, -0.05) is 36.3 Å². The molecule has 4 heteroatoms. The van der Waals surface area contributed by atoms with E-state index in [1.165, 1.54) is 0 Å². The summed E-state index contributed by atoms with van der Waals surface area (Å²) in [5.41, 5.74) is 8.02. The van der Waals surface area contributed by atoms with E-state index in [1.54, 1.807) is 18.2 Å². The third-order valence-corrected chi connectivity index (χ3v) is 2.95. The Morgan fingerprint density at radius 1 is 1.24 bits per heavy atom. The Morgan fingerprint density at radius 2 is 2.05 bits per heavy atom. The van der Waals surface area contributed by atoms with E-state index in [4.69, 9.17) is 5.73 Å². The lowest BCUT2D eigenvalue weighted by Gasteiger charge is -2.07. The zero-order valence-corrected chi connectivity index (χ0v) is 11.9. The minimum Gasteiger partial charge on any atom is -0.320 e. The summed E-state index contributed by atoms with van der Waals surface area (Å²) in [5.74, 6) is 5.98. The lowest BCUT2D eigenvalue weighted by atomic mass is 10.1. The van der Waals surface area contributed by atoms with Gasteiger partial charge in [-0.05, 0) is 36.1 Å². The molecule has 0 aliphatic heterocycles. The van der Waals surface area contributed by atoms with E-state index in [0.29, 0.717) is 17.9 Å². The molecule has 0 aliphatic carbocycles. The molecule has 0 aliphatic rings. The van der Waals surface area contributed by atoms with Crippen molar-refractivity contribution in [3.05, 3.63) is 59.3 Å². The van der Waals surface area contributed by atoms with Crippen LogP contribution in [0.2, 0.25) is 0 Å². The molecule has 106 valence electrons. The first-order chi connectivity index (χ1) is 10.2. The van der Waals surface area contributed by atoms with Crippen LogP contribution in [0.15, 0.2) is 42.5 Å². The predicted octanol–water partition coefficient (Wildman–Crippen LogP) is 1.88. The fourth-order valence-electron chi connectivity index (χ4n) is 1.88. The minimum atomic E-state index is -0.0965. The molecule has 1 aromatic heterocycles. The van der Waals surface area contributed by atoms with Gasteiger partial charge in [-0.2, -0.15) is 0 Å². The number of hydrogen-bond donors (Lipinski definition) is 2. The molecule has 2 aromatic rings. The SMILES string of the molecule is Cc1ccccc1CC(=O)Nc1cccc(C#CCN)n1. The maximum Gasteiger partial charge on any atom is 0.229 e. The molecule has 1 amide bonds. The first-order valence-electron chi connectivity index (χ1n) is 6.69. The Labute approximate surface area is 124 Å². The maximum absolute atomic E-state index is 12.1. The Kier molecular flexibility index (Phi) is 5.08. The summed E-state index contributed by atoms with van der Waals surface area (Å²) < 4.78 is 0. The van der Waals surface area contributed by atoms with Crippen molar-refractivity contribution in [3.8, 4) is 11.8 Å². The molecule has 0 atom stereocenters. The topological polar surface area (TPSA) is 68.0 Å². The van der Waals surface area contributed by atoms with Crippen molar-refractivity contribution in [2.24, 2.45) is 5.73 Å². The zero-order valence-electron chi connectivity index (χ0n) is 11.9. The Bertz CT molecular complexity index is 698. The number of hydrogen-bond acceptors (Lipinski definition) is 3. The summed E-state index contributed by atoms with van der Waals surface area (Å²) >= 11 is 0. The van der Waals surface area contributed by atoms with Crippen LogP contribution < -0.4 is 11.1 Å². The van der Waals surface area contributed by atoms with Crippen LogP contribution in [0.3, 0.4) is 0 Å². The monoisotopic (exact) mass is 279 g/mol. The summed E-state index contributed by atoms with van der Waals surface area (Å²) in [7, 11) is 0. The molecule has 0 spiro atoms. The molecule has 0 radical (unpaired) electrons. The molecule has 21 heavy (non-hydrogen) atoms. The molecule has 0 unspecified atom stereocenters. The number of carbonyl (C=O) groups excluding carboxylic acids is 1. The fourth-order valence-corrected chi connectivity index (χ4v) is 1.88. The molecule has 1 aromatic carbocycles. The third-order valence-electron chi connectivity index (χ3n) is 2.95. The Balaban J connectivity index is 2.04. The van der Waals surface area contributed by atoms with Crippen LogP contribution >= 0.6 is 0 Å². The van der Waals surface area contributed by atoms with E-state index < -0.39 is 0 Å². The number of anilines is 1. The van der Waals surface area contributed by atoms with Crippen LogP contribution in [-0.2, 0) is 11.2 Å². The zero-order chi connectivity index (χ0) is 15.1. The molecular weight excluding hydrogens is 262 g/mol. The average molecular weight is 279 g/mol. The second-order valence-corrected chi connectivity index (χ2v) is 4.57. The lowest BCUT2D eigenvalue weighted by molar-refractivity contribution is -0.115. The molecule has 1 heterocycles. The molecule has 0 saturated carbocycles. The van der Waals surface area contributed by atoms with E-state index in [1.807, 2.05) is 31.2 Å². The van der Waals surface area contributed by atoms with Gasteiger partial charge in [0.25, 0.3) is 0 Å². The third kappa shape index (κ3) is 4.44. The Hall–Kier alpha value is -2.64. The van der Waals surface area contributed by atoms with E-state index >= 15 is 0 Å². The van der Waals surface area contributed by atoms with Crippen molar-refractivity contribution in [2.75, 3.05) is 11.9 Å². The summed E-state index contributed by atoms with van der Waals surface area (Å²) in [6.45, 7) is 2.27. The van der Waals surface area contributed by atoms with E-state index in [0.717, 1.165) is 11.1 Å². The van der Waals surface area contributed by atoms with Crippen molar-refractivity contribution in [3.63, 3.8) is 0 Å². The molecule has 2 rings (SSSR count). The molecular formula is C17H17N3O. The van der Waals surface area contributed by atoms with Gasteiger partial charge in [0.2, 0.25) is 5.91 Å². The highest BCUT2D eigenvalue weighted by atomic mass is 16.1. The number of pyridine rings is 1. The number of benzene rings is 1. The van der Waals surface area contributed by atoms with Crippen molar-refractivity contribution in [1.29, 1.82) is 0 Å². The predicted molar refractivity (Wildman–Crippen MR) is 83.7 cm³/mol. The first-order valence-corrected chi connectivity index (χ1v) is 6.69. The van der Waals surface area contributed by atoms with Gasteiger partial charge < -0.3 is 11.1 Å². The normalized spacial score (nSPS) is 9.62. The number of aryl methyl sites for hydroxylation is 1. The molecule has 0 saturated heterocycles. The van der Waals surface area contributed by atoms with E-state index in [9.17, 15) is 4.79 Å². The van der Waals surface area contributed by atoms with Gasteiger partial charge in [0.05, 0.1) is 13.0 Å². The Morgan fingerprint density at radius 3 is 2.81 bits per heavy atom. The van der Waals surface area contributed by atoms with Gasteiger partial charge in [0.15, 0.2) is 0 Å². The van der Waals surface area contributed by atoms with Gasteiger partial charge >= 0.3 is 0 Å². The minimum absolute atomic E-state index is 0.0965. The quantitative estimate of drug-likeness (QED) is 0.843. The molecule has 0 fully saturated rings. The second kappa shape index (κ2) is 7.22. The summed E-state index contributed by atoms with van der Waals surface area (Å²) in [6, 6.07) is 13.1. The number of amides is 1. The highest BCUT2D eigenvalue weighted by molar-refractivity contribution is 5.91. The number of nitrogens with zero attached hydrogens (tertiary/aromatic N) is 1. The number of carbonyl (C=O) groups is 1. The van der Waals surface area contributed by atoms with Gasteiger partial charge in [0, 0.05) is 0 Å². The average Bonchev–Trinajstić information content (AvgIpc) is 2.48. The molecule has 0 bridgehead atoms. The summed E-state index contributed by atoms with van der Waals surface area (Å²) in [6.07, 6.45) is 0.326. The number of aromatic nitrogens is 1. The van der Waals surface area contributed by atoms with Crippen LogP contribution in [-0.4, -0.2) is 17.4 Å². The number of rotatable bonds is 3. The number of nitrogens with two attached hydrogens (primary N) is 1. The standard InChI is InChI=1S/C17H17N3O/c1-13-6-2-3-7-14(13)12-17(21)20-16-10-4-8-15(19-16)9-5-11-18/h2-4,6-8,10H,11-12,18H2,1H3,(H,19,20,21). The van der Waals surface area contributed by atoms with Crippen LogP contribution in [0.4, 0.5) is 5.82 Å². The number of nitrogens with one attached hydrogen (secondary N) is 1. The molecule has 4 nitrogen and oxygen atoms in total. The van der Waals surface area contributed by atoms with Crippen molar-refractivity contribution >= 4 is 11.7 Å². The van der Waals surface area contributed by atoms with Gasteiger partial charge in [-0.25, -0.2) is 4.98 Å². The largest absolute Gasteiger partial charge is 0.320 e. The van der Waals surface area contributed by atoms with Gasteiger partial charge in [-0.3, -0.25) is 4.79 Å². The van der Waals surface area contributed by atoms with Crippen molar-refractivity contribution in [1.82, 2.24) is 4.98 Å². The van der Waals surface area contributed by atoms with Crippen LogP contribution in [0, 0.1) is 18.8 Å². The summed E-state index contributed by atoms with van der Waals surface area (Å²) in [4.78, 5) is 16.3. The van der Waals surface area contributed by atoms with Gasteiger partial charge in [-0.15, -0.1) is 0 Å². The van der Waals surface area contributed by atoms with Crippen LogP contribution in [0.25, 0.3) is 0 Å². The smallest absolute Gasteiger partial charge is 0.229 e. The van der Waals surface area contributed by atoms with Crippen molar-refractivity contribution in [2.45, 2.75) is 13.3 Å².